The van der Waals surface area contributed by atoms with E-state index < -0.39 is 0 Å². The molecule has 0 aliphatic carbocycles. The quantitative estimate of drug-likeness (QED) is 0.586. The van der Waals surface area contributed by atoms with E-state index in [4.69, 9.17) is 4.42 Å². The van der Waals surface area contributed by atoms with Gasteiger partial charge in [-0.15, -0.1) is 0 Å². The van der Waals surface area contributed by atoms with Crippen molar-refractivity contribution in [2.45, 2.75) is 33.0 Å². The summed E-state index contributed by atoms with van der Waals surface area (Å²) >= 11 is 0. The normalized spacial score (nSPS) is 11.0. The van der Waals surface area contributed by atoms with Crippen molar-refractivity contribution in [1.29, 1.82) is 0 Å². The van der Waals surface area contributed by atoms with E-state index in [9.17, 15) is 9.59 Å². The second-order valence-corrected chi connectivity index (χ2v) is 7.47. The Labute approximate surface area is 176 Å². The van der Waals surface area contributed by atoms with Gasteiger partial charge in [-0.05, 0) is 68.4 Å². The largest absolute Gasteiger partial charge is 0.459 e. The molecule has 0 saturated heterocycles. The molecule has 3 rings (SSSR count). The van der Waals surface area contributed by atoms with Gasteiger partial charge in [0.2, 0.25) is 0 Å². The molecule has 0 atom stereocenters. The lowest BCUT2D eigenvalue weighted by molar-refractivity contribution is 0.0950. The number of hydrogen-bond donors (Lipinski definition) is 2. The maximum Gasteiger partial charge on any atom is 0.291 e. The highest BCUT2D eigenvalue weighted by atomic mass is 16.3. The number of furan rings is 1. The standard InChI is InChI=1S/C24H27N3O3/c1-17(2)27(3)16-20-8-5-4-7-19(20)15-25-23(28)18-10-12-21(13-11-18)26-24(29)22-9-6-14-30-22/h4-14,17H,15-16H2,1-3H3,(H,25,28)(H,26,29). The third-order valence-electron chi connectivity index (χ3n) is 5.01. The molecule has 1 heterocycles. The molecule has 0 bridgehead atoms. The monoisotopic (exact) mass is 405 g/mol. The number of amides is 2. The van der Waals surface area contributed by atoms with Gasteiger partial charge in [0.1, 0.15) is 0 Å². The van der Waals surface area contributed by atoms with Crippen LogP contribution in [0.3, 0.4) is 0 Å². The topological polar surface area (TPSA) is 74.6 Å². The van der Waals surface area contributed by atoms with Gasteiger partial charge < -0.3 is 15.1 Å². The molecule has 1 aromatic heterocycles. The van der Waals surface area contributed by atoms with Gasteiger partial charge in [-0.25, -0.2) is 0 Å². The van der Waals surface area contributed by atoms with Crippen molar-refractivity contribution in [3.63, 3.8) is 0 Å². The number of carbonyl (C=O) groups excluding carboxylic acids is 2. The van der Waals surface area contributed by atoms with Crippen molar-refractivity contribution in [2.24, 2.45) is 0 Å². The summed E-state index contributed by atoms with van der Waals surface area (Å²) in [5.74, 6) is -0.260. The Balaban J connectivity index is 1.58. The predicted molar refractivity (Wildman–Crippen MR) is 117 cm³/mol. The molecule has 0 saturated carbocycles. The van der Waals surface area contributed by atoms with E-state index in [0.717, 1.165) is 12.1 Å². The van der Waals surface area contributed by atoms with E-state index >= 15 is 0 Å². The van der Waals surface area contributed by atoms with Crippen LogP contribution in [-0.4, -0.2) is 29.8 Å². The molecule has 6 nitrogen and oxygen atoms in total. The van der Waals surface area contributed by atoms with E-state index in [1.165, 1.54) is 11.8 Å². The van der Waals surface area contributed by atoms with Crippen LogP contribution in [0.5, 0.6) is 0 Å². The second-order valence-electron chi connectivity index (χ2n) is 7.47. The fraction of sp³-hybridized carbons (Fsp3) is 0.250. The summed E-state index contributed by atoms with van der Waals surface area (Å²) in [6, 6.07) is 18.6. The molecule has 0 unspecified atom stereocenters. The van der Waals surface area contributed by atoms with Gasteiger partial charge in [-0.2, -0.15) is 0 Å². The smallest absolute Gasteiger partial charge is 0.291 e. The Morgan fingerprint density at radius 3 is 2.27 bits per heavy atom. The average Bonchev–Trinajstić information content (AvgIpc) is 3.28. The number of hydrogen-bond acceptors (Lipinski definition) is 4. The molecule has 3 aromatic rings. The van der Waals surface area contributed by atoms with Crippen LogP contribution < -0.4 is 10.6 Å². The van der Waals surface area contributed by atoms with Gasteiger partial charge in [-0.1, -0.05) is 24.3 Å². The molecule has 6 heteroatoms. The Bertz CT molecular complexity index is 979. The highest BCUT2D eigenvalue weighted by molar-refractivity contribution is 6.02. The summed E-state index contributed by atoms with van der Waals surface area (Å²) in [6.07, 6.45) is 1.45. The molecule has 0 spiro atoms. The van der Waals surface area contributed by atoms with Gasteiger partial charge in [0.05, 0.1) is 6.26 Å². The van der Waals surface area contributed by atoms with Crippen LogP contribution in [0.2, 0.25) is 0 Å². The zero-order valence-electron chi connectivity index (χ0n) is 17.5. The Morgan fingerprint density at radius 2 is 1.63 bits per heavy atom. The molecule has 0 aliphatic heterocycles. The fourth-order valence-electron chi connectivity index (χ4n) is 2.92. The lowest BCUT2D eigenvalue weighted by atomic mass is 10.1. The molecule has 156 valence electrons. The van der Waals surface area contributed by atoms with Gasteiger partial charge >= 0.3 is 0 Å². The first kappa shape index (κ1) is 21.3. The van der Waals surface area contributed by atoms with Crippen LogP contribution in [-0.2, 0) is 13.1 Å². The summed E-state index contributed by atoms with van der Waals surface area (Å²) in [5.41, 5.74) is 3.42. The molecule has 2 amide bonds. The highest BCUT2D eigenvalue weighted by Crippen LogP contribution is 2.14. The lowest BCUT2D eigenvalue weighted by Gasteiger charge is -2.22. The lowest BCUT2D eigenvalue weighted by Crippen LogP contribution is -2.27. The van der Waals surface area contributed by atoms with Crippen LogP contribution in [0, 0.1) is 0 Å². The minimum Gasteiger partial charge on any atom is -0.459 e. The number of nitrogens with one attached hydrogen (secondary N) is 2. The molecular weight excluding hydrogens is 378 g/mol. The van der Waals surface area contributed by atoms with Gasteiger partial charge in [0.15, 0.2) is 5.76 Å². The average molecular weight is 405 g/mol. The first-order chi connectivity index (χ1) is 14.4. The molecule has 0 radical (unpaired) electrons. The molecule has 30 heavy (non-hydrogen) atoms. The van der Waals surface area contributed by atoms with E-state index in [0.29, 0.717) is 23.8 Å². The Kier molecular flexibility index (Phi) is 7.03. The Morgan fingerprint density at radius 1 is 0.933 bits per heavy atom. The van der Waals surface area contributed by atoms with Gasteiger partial charge in [-0.3, -0.25) is 14.5 Å². The van der Waals surface area contributed by atoms with Crippen molar-refractivity contribution in [3.8, 4) is 0 Å². The summed E-state index contributed by atoms with van der Waals surface area (Å²) in [7, 11) is 2.09. The summed E-state index contributed by atoms with van der Waals surface area (Å²) in [4.78, 5) is 26.8. The predicted octanol–water partition coefficient (Wildman–Crippen LogP) is 4.30. The fourth-order valence-corrected chi connectivity index (χ4v) is 2.92. The zero-order chi connectivity index (χ0) is 21.5. The maximum absolute atomic E-state index is 12.6. The van der Waals surface area contributed by atoms with Crippen LogP contribution >= 0.6 is 0 Å². The van der Waals surface area contributed by atoms with Crippen molar-refractivity contribution in [3.05, 3.63) is 89.4 Å². The van der Waals surface area contributed by atoms with E-state index in [-0.39, 0.29) is 17.6 Å². The van der Waals surface area contributed by atoms with Gasteiger partial charge in [0, 0.05) is 30.4 Å². The molecule has 2 aromatic carbocycles. The summed E-state index contributed by atoms with van der Waals surface area (Å²) in [5, 5.41) is 5.71. The summed E-state index contributed by atoms with van der Waals surface area (Å²) in [6.45, 7) is 5.60. The minimum atomic E-state index is -0.333. The van der Waals surface area contributed by atoms with E-state index in [2.05, 4.69) is 42.5 Å². The summed E-state index contributed by atoms with van der Waals surface area (Å²) < 4.78 is 5.07. The van der Waals surface area contributed by atoms with Crippen LogP contribution in [0.15, 0.2) is 71.3 Å². The van der Waals surface area contributed by atoms with Crippen molar-refractivity contribution >= 4 is 17.5 Å². The van der Waals surface area contributed by atoms with Crippen LogP contribution in [0.4, 0.5) is 5.69 Å². The maximum atomic E-state index is 12.6. The van der Waals surface area contributed by atoms with Crippen molar-refractivity contribution in [1.82, 2.24) is 10.2 Å². The van der Waals surface area contributed by atoms with E-state index in [1.807, 2.05) is 18.2 Å². The van der Waals surface area contributed by atoms with Crippen LogP contribution in [0.1, 0.15) is 45.9 Å². The highest BCUT2D eigenvalue weighted by Gasteiger charge is 2.12. The molecular formula is C24H27N3O3. The molecule has 0 aliphatic rings. The third-order valence-corrected chi connectivity index (χ3v) is 5.01. The van der Waals surface area contributed by atoms with E-state index in [1.54, 1.807) is 36.4 Å². The third kappa shape index (κ3) is 5.58. The number of nitrogens with zero attached hydrogens (tertiary/aromatic N) is 1. The first-order valence-corrected chi connectivity index (χ1v) is 9.94. The first-order valence-electron chi connectivity index (χ1n) is 9.94. The SMILES string of the molecule is CC(C)N(C)Cc1ccccc1CNC(=O)c1ccc(NC(=O)c2ccco2)cc1. The number of rotatable bonds is 8. The minimum absolute atomic E-state index is 0.161. The molecule has 0 fully saturated rings. The number of anilines is 1. The number of benzene rings is 2. The van der Waals surface area contributed by atoms with Crippen molar-refractivity contribution < 1.29 is 14.0 Å². The molecule has 2 N–H and O–H groups in total. The number of carbonyl (C=O) groups is 2. The zero-order valence-corrected chi connectivity index (χ0v) is 17.5. The Hall–Kier alpha value is -3.38. The van der Waals surface area contributed by atoms with Crippen LogP contribution in [0.25, 0.3) is 0 Å². The second kappa shape index (κ2) is 9.89. The van der Waals surface area contributed by atoms with Crippen molar-refractivity contribution in [2.75, 3.05) is 12.4 Å². The van der Waals surface area contributed by atoms with Gasteiger partial charge in [0.25, 0.3) is 11.8 Å².